The van der Waals surface area contributed by atoms with Crippen LogP contribution in [0.15, 0.2) is 35.3 Å². The Labute approximate surface area is 243 Å². The molecule has 41 heavy (non-hydrogen) atoms. The van der Waals surface area contributed by atoms with Gasteiger partial charge in [-0.15, -0.1) is 0 Å². The number of aryl methyl sites for hydroxylation is 1. The Bertz CT molecular complexity index is 1900. The molecule has 2 unspecified atom stereocenters. The summed E-state index contributed by atoms with van der Waals surface area (Å²) in [7, 11) is 0. The van der Waals surface area contributed by atoms with E-state index in [2.05, 4.69) is 25.3 Å². The molecule has 4 saturated heterocycles. The van der Waals surface area contributed by atoms with Crippen molar-refractivity contribution in [1.29, 1.82) is 0 Å². The molecular weight excluding hydrogens is 525 g/mol. The molecule has 214 valence electrons. The molecule has 2 N–H and O–H groups in total. The van der Waals surface area contributed by atoms with Crippen molar-refractivity contribution in [2.45, 2.75) is 57.2 Å². The summed E-state index contributed by atoms with van der Waals surface area (Å²) in [6, 6.07) is 4.44. The molecule has 2 aromatic carbocycles. The van der Waals surface area contributed by atoms with Gasteiger partial charge in [-0.05, 0) is 68.7 Å². The number of aromatic hydroxyl groups is 1. The third kappa shape index (κ3) is 4.47. The van der Waals surface area contributed by atoms with Crippen LogP contribution in [0.3, 0.4) is 0 Å². The summed E-state index contributed by atoms with van der Waals surface area (Å²) >= 11 is 0. The quantitative estimate of drug-likeness (QED) is 0.365. The molecule has 0 amide bonds. The van der Waals surface area contributed by atoms with Crippen molar-refractivity contribution in [2.24, 2.45) is 0 Å². The molecule has 4 aliphatic heterocycles. The maximum absolute atomic E-state index is 14.9. The number of aromatic nitrogens is 4. The Morgan fingerprint density at radius 3 is 2.93 bits per heavy atom. The van der Waals surface area contributed by atoms with Crippen molar-refractivity contribution < 1.29 is 21.1 Å². The third-order valence-electron chi connectivity index (χ3n) is 8.48. The summed E-state index contributed by atoms with van der Waals surface area (Å²) in [5.41, 5.74) is -0.286. The normalized spacial score (nSPS) is 25.2. The number of nitrogens with zero attached hydrogens (tertiary/aromatic N) is 6. The van der Waals surface area contributed by atoms with Gasteiger partial charge in [-0.25, -0.2) is 4.39 Å². The minimum Gasteiger partial charge on any atom is -0.508 e. The van der Waals surface area contributed by atoms with Crippen molar-refractivity contribution in [2.75, 3.05) is 38.1 Å². The first-order valence-electron chi connectivity index (χ1n) is 16.6. The van der Waals surface area contributed by atoms with Gasteiger partial charge in [-0.1, -0.05) is 13.0 Å². The van der Waals surface area contributed by atoms with Crippen molar-refractivity contribution in [1.82, 2.24) is 30.0 Å². The predicted molar refractivity (Wildman–Crippen MR) is 155 cm³/mol. The average Bonchev–Trinajstić information content (AvgIpc) is 3.54. The zero-order valence-corrected chi connectivity index (χ0v) is 22.6. The largest absolute Gasteiger partial charge is 0.508 e. The molecule has 6 heterocycles. The van der Waals surface area contributed by atoms with Gasteiger partial charge >= 0.3 is 6.01 Å². The lowest BCUT2D eigenvalue weighted by Gasteiger charge is -2.46. The lowest BCUT2D eigenvalue weighted by molar-refractivity contribution is 0.188. The summed E-state index contributed by atoms with van der Waals surface area (Å²) < 4.78 is 63.0. The van der Waals surface area contributed by atoms with E-state index in [0.29, 0.717) is 53.5 Å². The number of phenols is 1. The summed E-state index contributed by atoms with van der Waals surface area (Å²) in [5.74, 6) is -0.230. The molecule has 8 rings (SSSR count). The summed E-state index contributed by atoms with van der Waals surface area (Å²) in [5, 5.41) is 19.8. The van der Waals surface area contributed by atoms with E-state index in [1.54, 1.807) is 6.92 Å². The van der Waals surface area contributed by atoms with E-state index >= 15 is 0 Å². The Hall–Kier alpha value is -3.83. The Morgan fingerprint density at radius 2 is 2.17 bits per heavy atom. The fraction of sp³-hybridized carbons (Fsp3) is 0.467. The molecule has 11 heteroatoms. The van der Waals surface area contributed by atoms with Crippen LogP contribution in [0, 0.1) is 5.82 Å². The van der Waals surface area contributed by atoms with Crippen LogP contribution >= 0.6 is 0 Å². The molecule has 2 aromatic heterocycles. The van der Waals surface area contributed by atoms with E-state index < -0.39 is 37.0 Å². The number of fused-ring (bicyclic) bond motifs is 5. The number of hydrogen-bond donors (Lipinski definition) is 2. The minimum absolute atomic E-state index is 0.0566. The number of phenolic OH excluding ortho intramolecular Hbond substituents is 1. The number of nitrogens with one attached hydrogen (secondary N) is 1. The van der Waals surface area contributed by atoms with Crippen LogP contribution in [0.4, 0.5) is 10.2 Å². The second-order valence-electron chi connectivity index (χ2n) is 11.0. The highest BCUT2D eigenvalue weighted by Crippen LogP contribution is 2.34. The standard InChI is InChI=1S/C30H34FN7O3/c1-3-22-24(31)9-6-17-11-21(39)12-25(26(17)22)38-29(40)27-23(14-33-38)28(37-15-18-7-8-19(37)13-32-18)35-30(34-27)41-16-20-5-4-10-36(20)2/h6,9,11-12,14,18-20,32,39H,3-5,7-8,10,13,15-16H2,1-2H3/t18?,19?,20-/m0/s1/i2D3,16D2. The number of piperazine rings is 1. The lowest BCUT2D eigenvalue weighted by Crippen LogP contribution is -2.61. The minimum atomic E-state index is -2.52. The Balaban J connectivity index is 1.41. The summed E-state index contributed by atoms with van der Waals surface area (Å²) in [6.07, 6.45) is 4.38. The first-order chi connectivity index (χ1) is 21.9. The molecular formula is C30H34FN7O3. The highest BCUT2D eigenvalue weighted by Gasteiger charge is 2.36. The molecule has 4 fully saturated rings. The summed E-state index contributed by atoms with van der Waals surface area (Å²) in [4.78, 5) is 26.5. The zero-order chi connectivity index (χ0) is 32.5. The molecule has 3 atom stereocenters. The van der Waals surface area contributed by atoms with Gasteiger partial charge in [0.15, 0.2) is 0 Å². The fourth-order valence-electron chi connectivity index (χ4n) is 6.39. The van der Waals surface area contributed by atoms with E-state index in [1.807, 2.05) is 0 Å². The predicted octanol–water partition coefficient (Wildman–Crippen LogP) is 3.15. The smallest absolute Gasteiger partial charge is 0.319 e. The van der Waals surface area contributed by atoms with Gasteiger partial charge in [0.2, 0.25) is 0 Å². The first-order valence-corrected chi connectivity index (χ1v) is 14.1. The van der Waals surface area contributed by atoms with Crippen LogP contribution in [0.2, 0.25) is 0 Å². The van der Waals surface area contributed by atoms with Crippen LogP contribution in [-0.4, -0.2) is 81.0 Å². The van der Waals surface area contributed by atoms with Crippen LogP contribution in [-0.2, 0) is 6.42 Å². The molecule has 0 saturated carbocycles. The van der Waals surface area contributed by atoms with Crippen LogP contribution < -0.4 is 20.5 Å². The third-order valence-corrected chi connectivity index (χ3v) is 8.48. The molecule has 2 bridgehead atoms. The van der Waals surface area contributed by atoms with E-state index in [1.165, 1.54) is 30.5 Å². The number of likely N-dealkylation sites (tertiary alicyclic amines) is 1. The lowest BCUT2D eigenvalue weighted by atomic mass is 9.93. The summed E-state index contributed by atoms with van der Waals surface area (Å²) in [6.45, 7) is -1.74. The molecule has 4 aliphatic rings. The second-order valence-corrected chi connectivity index (χ2v) is 11.0. The van der Waals surface area contributed by atoms with Crippen molar-refractivity contribution in [3.63, 3.8) is 0 Å². The zero-order valence-electron chi connectivity index (χ0n) is 27.6. The van der Waals surface area contributed by atoms with E-state index in [4.69, 9.17) is 11.6 Å². The maximum Gasteiger partial charge on any atom is 0.319 e. The molecule has 0 radical (unpaired) electrons. The number of benzene rings is 2. The van der Waals surface area contributed by atoms with Gasteiger partial charge in [0, 0.05) is 46.8 Å². The van der Waals surface area contributed by atoms with Gasteiger partial charge < -0.3 is 25.0 Å². The van der Waals surface area contributed by atoms with Crippen molar-refractivity contribution in [3.8, 4) is 17.4 Å². The van der Waals surface area contributed by atoms with Crippen molar-refractivity contribution >= 4 is 27.5 Å². The Morgan fingerprint density at radius 1 is 1.27 bits per heavy atom. The van der Waals surface area contributed by atoms with Gasteiger partial charge in [0.25, 0.3) is 5.56 Å². The van der Waals surface area contributed by atoms with E-state index in [-0.39, 0.29) is 42.0 Å². The molecule has 10 nitrogen and oxygen atoms in total. The van der Waals surface area contributed by atoms with Gasteiger partial charge in [0.05, 0.1) is 20.0 Å². The molecule has 4 aromatic rings. The highest BCUT2D eigenvalue weighted by atomic mass is 19.1. The number of likely N-dealkylation sites (N-methyl/N-ethyl adjacent to an activating group) is 1. The molecule has 0 aliphatic carbocycles. The van der Waals surface area contributed by atoms with Gasteiger partial charge in [-0.3, -0.25) is 4.79 Å². The number of rotatable bonds is 6. The van der Waals surface area contributed by atoms with Gasteiger partial charge in [-0.2, -0.15) is 19.7 Å². The maximum atomic E-state index is 14.9. The number of ether oxygens (including phenoxy) is 1. The van der Waals surface area contributed by atoms with E-state index in [0.717, 1.165) is 22.4 Å². The number of piperidine rings is 2. The highest BCUT2D eigenvalue weighted by molar-refractivity contribution is 5.95. The SMILES string of the molecule is [2H]C([2H])(Oc1nc(N2CC3CCC2CN3)c2cnn(-c3cc(O)cc4ccc(F)c(CC)c34)c(=O)c2n1)[C@@H]1CCCN1C([2H])([2H])[2H]. The average molecular weight is 565 g/mol. The van der Waals surface area contributed by atoms with Crippen molar-refractivity contribution in [3.05, 3.63) is 52.2 Å². The van der Waals surface area contributed by atoms with Crippen LogP contribution in [0.5, 0.6) is 11.8 Å². The number of anilines is 1. The fourth-order valence-corrected chi connectivity index (χ4v) is 6.39. The monoisotopic (exact) mass is 564 g/mol. The topological polar surface area (TPSA) is 109 Å². The van der Waals surface area contributed by atoms with Crippen LogP contribution in [0.1, 0.15) is 45.0 Å². The first kappa shape index (κ1) is 21.0. The number of hydrogen-bond acceptors (Lipinski definition) is 9. The Kier molecular flexibility index (Phi) is 5.22. The van der Waals surface area contributed by atoms with Gasteiger partial charge in [0.1, 0.15) is 29.5 Å². The van der Waals surface area contributed by atoms with E-state index in [9.17, 15) is 14.3 Å². The number of halogens is 1. The molecule has 0 spiro atoms. The second kappa shape index (κ2) is 10.2. The van der Waals surface area contributed by atoms with Crippen LogP contribution in [0.25, 0.3) is 27.4 Å².